The molecule has 1 aromatic heterocycles. The minimum atomic E-state index is -0.241. The summed E-state index contributed by atoms with van der Waals surface area (Å²) in [5.41, 5.74) is 3.78. The molecule has 4 rings (SSSR count). The Hall–Kier alpha value is -3.61. The Morgan fingerprint density at radius 3 is 2.73 bits per heavy atom. The average Bonchev–Trinajstić information content (AvgIpc) is 3.44. The van der Waals surface area contributed by atoms with Gasteiger partial charge in [0, 0.05) is 37.6 Å². The molecule has 0 radical (unpaired) electrons. The van der Waals surface area contributed by atoms with Gasteiger partial charge in [-0.05, 0) is 54.8 Å². The van der Waals surface area contributed by atoms with E-state index in [9.17, 15) is 9.59 Å². The van der Waals surface area contributed by atoms with E-state index in [4.69, 9.17) is 0 Å². The highest BCUT2D eigenvalue weighted by Crippen LogP contribution is 2.24. The molecule has 3 aromatic rings. The van der Waals surface area contributed by atoms with Gasteiger partial charge in [0.15, 0.2) is 0 Å². The van der Waals surface area contributed by atoms with Crippen molar-refractivity contribution in [2.45, 2.75) is 32.4 Å². The Morgan fingerprint density at radius 2 is 1.97 bits per heavy atom. The molecule has 7 nitrogen and oxygen atoms in total. The van der Waals surface area contributed by atoms with E-state index in [1.807, 2.05) is 72.6 Å². The van der Waals surface area contributed by atoms with Crippen LogP contribution in [0, 0.1) is 0 Å². The first-order valence-electron chi connectivity index (χ1n) is 10.1. The van der Waals surface area contributed by atoms with Gasteiger partial charge in [-0.3, -0.25) is 4.79 Å². The molecule has 0 bridgehead atoms. The molecule has 0 spiro atoms. The maximum Gasteiger partial charge on any atom is 0.315 e. The van der Waals surface area contributed by atoms with Gasteiger partial charge in [0.1, 0.15) is 0 Å². The summed E-state index contributed by atoms with van der Waals surface area (Å²) in [6, 6.07) is 17.1. The van der Waals surface area contributed by atoms with Crippen LogP contribution in [0.5, 0.6) is 0 Å². The summed E-state index contributed by atoms with van der Waals surface area (Å²) in [5, 5.41) is 10.1. The Morgan fingerprint density at radius 1 is 1.13 bits per heavy atom. The molecule has 154 valence electrons. The summed E-state index contributed by atoms with van der Waals surface area (Å²) in [5.74, 6) is 0.155. The molecule has 0 saturated carbocycles. The Kier molecular flexibility index (Phi) is 5.79. The number of nitrogens with zero attached hydrogens (tertiary/aromatic N) is 3. The summed E-state index contributed by atoms with van der Waals surface area (Å²) < 4.78 is 1.78. The predicted octanol–water partition coefficient (Wildman–Crippen LogP) is 3.56. The van der Waals surface area contributed by atoms with Gasteiger partial charge in [-0.2, -0.15) is 5.10 Å². The molecule has 0 aliphatic carbocycles. The van der Waals surface area contributed by atoms with Crippen LogP contribution in [0.2, 0.25) is 0 Å². The van der Waals surface area contributed by atoms with Crippen LogP contribution >= 0.6 is 0 Å². The second-order valence-electron chi connectivity index (χ2n) is 7.41. The van der Waals surface area contributed by atoms with Gasteiger partial charge in [-0.1, -0.05) is 24.3 Å². The van der Waals surface area contributed by atoms with Crippen molar-refractivity contribution in [3.63, 3.8) is 0 Å². The van der Waals surface area contributed by atoms with E-state index in [0.29, 0.717) is 13.0 Å². The molecule has 1 aliphatic heterocycles. The number of rotatable bonds is 6. The minimum absolute atomic E-state index is 0.155. The molecule has 3 amide bonds. The van der Waals surface area contributed by atoms with Crippen LogP contribution in [0.15, 0.2) is 67.0 Å². The SMILES string of the molecule is CC(NC(=O)NCc1cccc(-n2cccn2)c1)c1cccc(N2CCCC2=O)c1. The van der Waals surface area contributed by atoms with E-state index < -0.39 is 0 Å². The lowest BCUT2D eigenvalue weighted by atomic mass is 10.1. The van der Waals surface area contributed by atoms with Crippen LogP contribution < -0.4 is 15.5 Å². The first-order chi connectivity index (χ1) is 14.6. The number of hydrogen-bond donors (Lipinski definition) is 2. The van der Waals surface area contributed by atoms with E-state index in [2.05, 4.69) is 15.7 Å². The molecular weight excluding hydrogens is 378 g/mol. The maximum atomic E-state index is 12.4. The van der Waals surface area contributed by atoms with Crippen molar-refractivity contribution in [1.82, 2.24) is 20.4 Å². The van der Waals surface area contributed by atoms with Crippen molar-refractivity contribution in [3.05, 3.63) is 78.1 Å². The highest BCUT2D eigenvalue weighted by molar-refractivity contribution is 5.95. The van der Waals surface area contributed by atoms with Crippen LogP contribution in [0.3, 0.4) is 0 Å². The monoisotopic (exact) mass is 403 g/mol. The summed E-state index contributed by atoms with van der Waals surface area (Å²) in [6.07, 6.45) is 5.10. The van der Waals surface area contributed by atoms with Crippen LogP contribution in [-0.4, -0.2) is 28.3 Å². The van der Waals surface area contributed by atoms with Crippen molar-refractivity contribution < 1.29 is 9.59 Å². The van der Waals surface area contributed by atoms with Crippen LogP contribution in [0.1, 0.15) is 36.9 Å². The number of carbonyl (C=O) groups excluding carboxylic acids is 2. The van der Waals surface area contributed by atoms with E-state index in [-0.39, 0.29) is 18.0 Å². The van der Waals surface area contributed by atoms with E-state index in [1.54, 1.807) is 10.9 Å². The van der Waals surface area contributed by atoms with Crippen LogP contribution in [0.25, 0.3) is 5.69 Å². The third-order valence-electron chi connectivity index (χ3n) is 5.24. The third kappa shape index (κ3) is 4.51. The molecule has 2 N–H and O–H groups in total. The lowest BCUT2D eigenvalue weighted by Crippen LogP contribution is -2.36. The van der Waals surface area contributed by atoms with Crippen molar-refractivity contribution in [2.75, 3.05) is 11.4 Å². The Balaban J connectivity index is 1.34. The minimum Gasteiger partial charge on any atom is -0.334 e. The predicted molar refractivity (Wildman–Crippen MR) is 115 cm³/mol. The molecule has 7 heteroatoms. The van der Waals surface area contributed by atoms with Gasteiger partial charge in [0.25, 0.3) is 0 Å². The highest BCUT2D eigenvalue weighted by atomic mass is 16.2. The zero-order valence-electron chi connectivity index (χ0n) is 16.9. The summed E-state index contributed by atoms with van der Waals surface area (Å²) in [6.45, 7) is 3.10. The van der Waals surface area contributed by atoms with E-state index >= 15 is 0 Å². The molecule has 1 saturated heterocycles. The average molecular weight is 403 g/mol. The first kappa shape index (κ1) is 19.7. The quantitative estimate of drug-likeness (QED) is 0.661. The van der Waals surface area contributed by atoms with E-state index in [0.717, 1.165) is 35.5 Å². The van der Waals surface area contributed by atoms with Gasteiger partial charge < -0.3 is 15.5 Å². The fourth-order valence-electron chi connectivity index (χ4n) is 3.63. The van der Waals surface area contributed by atoms with Crippen LogP contribution in [0.4, 0.5) is 10.5 Å². The summed E-state index contributed by atoms with van der Waals surface area (Å²) in [4.78, 5) is 26.2. The highest BCUT2D eigenvalue weighted by Gasteiger charge is 2.22. The second kappa shape index (κ2) is 8.82. The third-order valence-corrected chi connectivity index (χ3v) is 5.24. The standard InChI is InChI=1S/C23H25N5O2/c1-17(19-7-3-8-20(15-19)27-12-4-10-22(27)29)26-23(30)24-16-18-6-2-9-21(14-18)28-13-5-11-25-28/h2-3,5-9,11,13-15,17H,4,10,12,16H2,1H3,(H2,24,26,30). The zero-order chi connectivity index (χ0) is 20.9. The fraction of sp³-hybridized carbons (Fsp3) is 0.261. The topological polar surface area (TPSA) is 79.3 Å². The molecule has 1 fully saturated rings. The fourth-order valence-corrected chi connectivity index (χ4v) is 3.63. The lowest BCUT2D eigenvalue weighted by molar-refractivity contribution is -0.117. The molecule has 2 aromatic carbocycles. The number of aromatic nitrogens is 2. The number of benzene rings is 2. The van der Waals surface area contributed by atoms with Crippen molar-refractivity contribution in [1.29, 1.82) is 0 Å². The van der Waals surface area contributed by atoms with Gasteiger partial charge >= 0.3 is 6.03 Å². The van der Waals surface area contributed by atoms with Crippen molar-refractivity contribution in [2.24, 2.45) is 0 Å². The molecule has 30 heavy (non-hydrogen) atoms. The largest absolute Gasteiger partial charge is 0.334 e. The molecule has 1 atom stereocenters. The van der Waals surface area contributed by atoms with Gasteiger partial charge in [-0.25, -0.2) is 9.48 Å². The molecule has 1 aliphatic rings. The smallest absolute Gasteiger partial charge is 0.315 e. The molecule has 1 unspecified atom stereocenters. The maximum absolute atomic E-state index is 12.4. The van der Waals surface area contributed by atoms with Crippen molar-refractivity contribution in [3.8, 4) is 5.69 Å². The van der Waals surface area contributed by atoms with Crippen molar-refractivity contribution >= 4 is 17.6 Å². The summed E-state index contributed by atoms with van der Waals surface area (Å²) in [7, 11) is 0. The normalized spacial score (nSPS) is 14.6. The first-order valence-corrected chi connectivity index (χ1v) is 10.1. The summed E-state index contributed by atoms with van der Waals surface area (Å²) >= 11 is 0. The van der Waals surface area contributed by atoms with Gasteiger partial charge in [0.2, 0.25) is 5.91 Å². The number of carbonyl (C=O) groups is 2. The van der Waals surface area contributed by atoms with Crippen LogP contribution in [-0.2, 0) is 11.3 Å². The number of urea groups is 1. The number of amides is 3. The number of anilines is 1. The Labute approximate surface area is 175 Å². The van der Waals surface area contributed by atoms with Gasteiger partial charge in [0.05, 0.1) is 11.7 Å². The van der Waals surface area contributed by atoms with E-state index in [1.165, 1.54) is 0 Å². The lowest BCUT2D eigenvalue weighted by Gasteiger charge is -2.20. The Bertz CT molecular complexity index is 1030. The number of nitrogens with one attached hydrogen (secondary N) is 2. The molecule has 2 heterocycles. The zero-order valence-corrected chi connectivity index (χ0v) is 16.9. The molecular formula is C23H25N5O2. The van der Waals surface area contributed by atoms with Gasteiger partial charge in [-0.15, -0.1) is 0 Å². The number of hydrogen-bond acceptors (Lipinski definition) is 3. The second-order valence-corrected chi connectivity index (χ2v) is 7.41.